The lowest BCUT2D eigenvalue weighted by Crippen LogP contribution is -2.47. The van der Waals surface area contributed by atoms with Crippen molar-refractivity contribution in [1.29, 1.82) is 0 Å². The molecule has 2 fully saturated rings. The second kappa shape index (κ2) is 5.50. The third-order valence-electron chi connectivity index (χ3n) is 4.77. The Bertz CT molecular complexity index is 209. The van der Waals surface area contributed by atoms with Gasteiger partial charge in [-0.05, 0) is 56.4 Å². The summed E-state index contributed by atoms with van der Waals surface area (Å²) < 4.78 is 0. The zero-order valence-electron chi connectivity index (χ0n) is 11.0. The molecule has 1 aliphatic carbocycles. The van der Waals surface area contributed by atoms with Crippen LogP contribution < -0.4 is 10.6 Å². The van der Waals surface area contributed by atoms with E-state index in [1.165, 1.54) is 58.2 Å². The second-order valence-electron chi connectivity index (χ2n) is 6.13. The lowest BCUT2D eigenvalue weighted by atomic mass is 9.78. The molecule has 0 aromatic heterocycles. The van der Waals surface area contributed by atoms with Gasteiger partial charge in [0.1, 0.15) is 0 Å². The summed E-state index contributed by atoms with van der Waals surface area (Å²) >= 11 is 0. The Morgan fingerprint density at radius 1 is 1.38 bits per heavy atom. The van der Waals surface area contributed by atoms with E-state index in [1.807, 2.05) is 0 Å². The molecule has 0 aromatic carbocycles. The van der Waals surface area contributed by atoms with Crippen LogP contribution in [0.1, 0.15) is 52.4 Å². The number of piperidine rings is 1. The van der Waals surface area contributed by atoms with Gasteiger partial charge < -0.3 is 10.6 Å². The lowest BCUT2D eigenvalue weighted by molar-refractivity contribution is 0.185. The quantitative estimate of drug-likeness (QED) is 0.767. The Hall–Kier alpha value is -0.0800. The van der Waals surface area contributed by atoms with Crippen molar-refractivity contribution >= 4 is 0 Å². The molecule has 2 aliphatic rings. The van der Waals surface area contributed by atoms with E-state index in [-0.39, 0.29) is 0 Å². The van der Waals surface area contributed by atoms with Crippen LogP contribution in [0.4, 0.5) is 0 Å². The standard InChI is InChI=1S/C14H28N2/c1-3-14(7-4-8-15-10-14)11-16-13-6-5-12(2)9-13/h12-13,15-16H,3-11H2,1-2H3. The number of nitrogens with one attached hydrogen (secondary N) is 2. The number of hydrogen-bond donors (Lipinski definition) is 2. The molecule has 0 radical (unpaired) electrons. The molecule has 0 spiro atoms. The van der Waals surface area contributed by atoms with Gasteiger partial charge in [-0.2, -0.15) is 0 Å². The van der Waals surface area contributed by atoms with Gasteiger partial charge in [0.05, 0.1) is 0 Å². The molecule has 16 heavy (non-hydrogen) atoms. The van der Waals surface area contributed by atoms with E-state index in [1.54, 1.807) is 0 Å². The fourth-order valence-electron chi connectivity index (χ4n) is 3.36. The monoisotopic (exact) mass is 224 g/mol. The van der Waals surface area contributed by atoms with Crippen LogP contribution in [0, 0.1) is 11.3 Å². The largest absolute Gasteiger partial charge is 0.316 e. The Morgan fingerprint density at radius 3 is 2.81 bits per heavy atom. The van der Waals surface area contributed by atoms with E-state index < -0.39 is 0 Å². The van der Waals surface area contributed by atoms with Gasteiger partial charge in [-0.3, -0.25) is 0 Å². The highest BCUT2D eigenvalue weighted by Crippen LogP contribution is 2.31. The molecule has 0 bridgehead atoms. The summed E-state index contributed by atoms with van der Waals surface area (Å²) in [5, 5.41) is 7.40. The highest BCUT2D eigenvalue weighted by molar-refractivity contribution is 4.88. The molecule has 2 N–H and O–H groups in total. The first kappa shape index (κ1) is 12.4. The molecule has 1 saturated carbocycles. The summed E-state index contributed by atoms with van der Waals surface area (Å²) in [4.78, 5) is 0. The summed E-state index contributed by atoms with van der Waals surface area (Å²) in [6, 6.07) is 0.806. The van der Waals surface area contributed by atoms with Crippen LogP contribution in [0.25, 0.3) is 0 Å². The molecule has 3 atom stereocenters. The van der Waals surface area contributed by atoms with Crippen LogP contribution in [0.2, 0.25) is 0 Å². The Kier molecular flexibility index (Phi) is 4.26. The van der Waals surface area contributed by atoms with Crippen LogP contribution in [-0.4, -0.2) is 25.7 Å². The van der Waals surface area contributed by atoms with E-state index in [2.05, 4.69) is 24.5 Å². The van der Waals surface area contributed by atoms with E-state index in [0.717, 1.165) is 12.0 Å². The minimum atomic E-state index is 0.546. The average Bonchev–Trinajstić information content (AvgIpc) is 2.74. The normalized spacial score (nSPS) is 40.1. The molecule has 1 heterocycles. The van der Waals surface area contributed by atoms with Crippen molar-refractivity contribution in [2.75, 3.05) is 19.6 Å². The molecule has 0 aromatic rings. The zero-order chi connectivity index (χ0) is 11.4. The van der Waals surface area contributed by atoms with Gasteiger partial charge in [0.25, 0.3) is 0 Å². The zero-order valence-corrected chi connectivity index (χ0v) is 11.0. The van der Waals surface area contributed by atoms with Crippen LogP contribution in [-0.2, 0) is 0 Å². The fourth-order valence-corrected chi connectivity index (χ4v) is 3.36. The summed E-state index contributed by atoms with van der Waals surface area (Å²) in [6.45, 7) is 8.42. The first-order chi connectivity index (χ1) is 7.74. The number of hydrogen-bond acceptors (Lipinski definition) is 2. The van der Waals surface area contributed by atoms with Crippen LogP contribution >= 0.6 is 0 Å². The van der Waals surface area contributed by atoms with Gasteiger partial charge in [0.15, 0.2) is 0 Å². The molecule has 2 rings (SSSR count). The third-order valence-corrected chi connectivity index (χ3v) is 4.77. The Labute approximate surface area is 101 Å². The van der Waals surface area contributed by atoms with Gasteiger partial charge in [-0.15, -0.1) is 0 Å². The molecule has 94 valence electrons. The molecule has 2 nitrogen and oxygen atoms in total. The maximum atomic E-state index is 3.83. The molecule has 3 unspecified atom stereocenters. The molecule has 1 saturated heterocycles. The van der Waals surface area contributed by atoms with Gasteiger partial charge in [-0.1, -0.05) is 13.8 Å². The molecule has 1 aliphatic heterocycles. The van der Waals surface area contributed by atoms with Gasteiger partial charge in [0, 0.05) is 19.1 Å². The first-order valence-electron chi connectivity index (χ1n) is 7.18. The van der Waals surface area contributed by atoms with Crippen molar-refractivity contribution in [2.45, 2.75) is 58.4 Å². The van der Waals surface area contributed by atoms with Crippen molar-refractivity contribution in [2.24, 2.45) is 11.3 Å². The lowest BCUT2D eigenvalue weighted by Gasteiger charge is -2.38. The van der Waals surface area contributed by atoms with Crippen molar-refractivity contribution in [3.63, 3.8) is 0 Å². The SMILES string of the molecule is CCC1(CNC2CCC(C)C2)CCCNC1. The van der Waals surface area contributed by atoms with Crippen molar-refractivity contribution < 1.29 is 0 Å². The van der Waals surface area contributed by atoms with Crippen molar-refractivity contribution in [1.82, 2.24) is 10.6 Å². The van der Waals surface area contributed by atoms with Crippen molar-refractivity contribution in [3.8, 4) is 0 Å². The van der Waals surface area contributed by atoms with Crippen molar-refractivity contribution in [3.05, 3.63) is 0 Å². The summed E-state index contributed by atoms with van der Waals surface area (Å²) in [6.07, 6.45) is 8.30. The topological polar surface area (TPSA) is 24.1 Å². The minimum absolute atomic E-state index is 0.546. The predicted octanol–water partition coefficient (Wildman–Crippen LogP) is 2.54. The molecular weight excluding hydrogens is 196 g/mol. The summed E-state index contributed by atoms with van der Waals surface area (Å²) in [7, 11) is 0. The van der Waals surface area contributed by atoms with Gasteiger partial charge in [-0.25, -0.2) is 0 Å². The van der Waals surface area contributed by atoms with E-state index >= 15 is 0 Å². The predicted molar refractivity (Wildman–Crippen MR) is 69.6 cm³/mol. The third kappa shape index (κ3) is 2.98. The highest BCUT2D eigenvalue weighted by atomic mass is 15.0. The van der Waals surface area contributed by atoms with E-state index in [9.17, 15) is 0 Å². The molecule has 0 amide bonds. The molecular formula is C14H28N2. The second-order valence-corrected chi connectivity index (χ2v) is 6.13. The van der Waals surface area contributed by atoms with E-state index in [0.29, 0.717) is 5.41 Å². The van der Waals surface area contributed by atoms with Crippen LogP contribution in [0.3, 0.4) is 0 Å². The maximum Gasteiger partial charge on any atom is 0.00699 e. The average molecular weight is 224 g/mol. The Balaban J connectivity index is 1.78. The maximum absolute atomic E-state index is 3.83. The fraction of sp³-hybridized carbons (Fsp3) is 1.00. The van der Waals surface area contributed by atoms with Gasteiger partial charge >= 0.3 is 0 Å². The summed E-state index contributed by atoms with van der Waals surface area (Å²) in [5.41, 5.74) is 0.546. The summed E-state index contributed by atoms with van der Waals surface area (Å²) in [5.74, 6) is 0.944. The van der Waals surface area contributed by atoms with E-state index in [4.69, 9.17) is 0 Å². The minimum Gasteiger partial charge on any atom is -0.316 e. The van der Waals surface area contributed by atoms with Gasteiger partial charge in [0.2, 0.25) is 0 Å². The smallest absolute Gasteiger partial charge is 0.00699 e. The molecule has 2 heteroatoms. The Morgan fingerprint density at radius 2 is 2.25 bits per heavy atom. The first-order valence-corrected chi connectivity index (χ1v) is 7.18. The van der Waals surface area contributed by atoms with Crippen LogP contribution in [0.15, 0.2) is 0 Å². The highest BCUT2D eigenvalue weighted by Gasteiger charge is 2.31. The van der Waals surface area contributed by atoms with Crippen LogP contribution in [0.5, 0.6) is 0 Å². The number of rotatable bonds is 4.